The van der Waals surface area contributed by atoms with Crippen molar-refractivity contribution in [3.05, 3.63) is 30.3 Å². The second-order valence-corrected chi connectivity index (χ2v) is 9.36. The van der Waals surface area contributed by atoms with Crippen molar-refractivity contribution >= 4 is 32.5 Å². The van der Waals surface area contributed by atoms with Crippen molar-refractivity contribution < 1.29 is 16.8 Å². The van der Waals surface area contributed by atoms with E-state index in [2.05, 4.69) is 14.8 Å². The van der Waals surface area contributed by atoms with E-state index in [1.165, 1.54) is 12.1 Å². The van der Waals surface area contributed by atoms with Gasteiger partial charge in [-0.15, -0.1) is 12.4 Å². The average molecular weight is 398 g/mol. The van der Waals surface area contributed by atoms with Gasteiger partial charge in [-0.1, -0.05) is 25.1 Å². The Kier molecular flexibility index (Phi) is 8.10. The third kappa shape index (κ3) is 6.30. The van der Waals surface area contributed by atoms with Gasteiger partial charge in [-0.3, -0.25) is 0 Å². The molecule has 1 aliphatic heterocycles. The summed E-state index contributed by atoms with van der Waals surface area (Å²) < 4.78 is 53.2. The minimum absolute atomic E-state index is 0. The third-order valence-electron chi connectivity index (χ3n) is 3.83. The fourth-order valence-electron chi connectivity index (χ4n) is 2.47. The van der Waals surface area contributed by atoms with Crippen molar-refractivity contribution in [2.24, 2.45) is 5.92 Å². The van der Waals surface area contributed by atoms with Crippen LogP contribution in [-0.2, 0) is 20.0 Å². The maximum absolute atomic E-state index is 12.1. The van der Waals surface area contributed by atoms with Crippen LogP contribution in [0.1, 0.15) is 13.3 Å². The van der Waals surface area contributed by atoms with Gasteiger partial charge in [0, 0.05) is 12.6 Å². The summed E-state index contributed by atoms with van der Waals surface area (Å²) in [4.78, 5) is 0.123. The lowest BCUT2D eigenvalue weighted by atomic mass is 9.97. The minimum atomic E-state index is -3.68. The molecule has 3 N–H and O–H groups in total. The van der Waals surface area contributed by atoms with Crippen molar-refractivity contribution in [1.82, 2.24) is 14.8 Å². The van der Waals surface area contributed by atoms with Crippen LogP contribution in [0.5, 0.6) is 0 Å². The first-order valence-corrected chi connectivity index (χ1v) is 10.7. The van der Waals surface area contributed by atoms with Crippen LogP contribution in [0.15, 0.2) is 35.2 Å². The molecule has 7 nitrogen and oxygen atoms in total. The van der Waals surface area contributed by atoms with Crippen molar-refractivity contribution in [2.45, 2.75) is 24.3 Å². The Hall–Kier alpha value is -0.710. The molecule has 0 radical (unpaired) electrons. The largest absolute Gasteiger partial charge is 0.316 e. The van der Waals surface area contributed by atoms with Crippen molar-refractivity contribution in [3.8, 4) is 0 Å². The standard InChI is InChI=1S/C14H23N3O4S2.ClH/c1-12-11-15-8-7-14(12)17-22(18,19)10-9-16-23(20,21)13-5-3-2-4-6-13;/h2-6,12,14-17H,7-11H2,1H3;1H. The first-order valence-electron chi connectivity index (χ1n) is 7.55. The molecule has 2 atom stereocenters. The van der Waals surface area contributed by atoms with Gasteiger partial charge in [0.1, 0.15) is 0 Å². The molecule has 1 aromatic carbocycles. The predicted molar refractivity (Wildman–Crippen MR) is 96.2 cm³/mol. The van der Waals surface area contributed by atoms with Crippen LogP contribution in [0.2, 0.25) is 0 Å². The summed E-state index contributed by atoms with van der Waals surface area (Å²) >= 11 is 0. The first kappa shape index (κ1) is 21.3. The van der Waals surface area contributed by atoms with E-state index in [4.69, 9.17) is 0 Å². The van der Waals surface area contributed by atoms with Crippen molar-refractivity contribution in [1.29, 1.82) is 0 Å². The summed E-state index contributed by atoms with van der Waals surface area (Å²) in [6, 6.07) is 7.77. The van der Waals surface area contributed by atoms with Crippen LogP contribution in [0.3, 0.4) is 0 Å². The molecule has 0 amide bonds. The number of rotatable bonds is 7. The lowest BCUT2D eigenvalue weighted by Crippen LogP contribution is -2.49. The summed E-state index contributed by atoms with van der Waals surface area (Å²) in [7, 11) is -7.20. The topological polar surface area (TPSA) is 104 Å². The van der Waals surface area contributed by atoms with E-state index >= 15 is 0 Å². The van der Waals surface area contributed by atoms with Gasteiger partial charge >= 0.3 is 0 Å². The number of piperidine rings is 1. The molecule has 1 aliphatic rings. The molecule has 0 aromatic heterocycles. The highest BCUT2D eigenvalue weighted by Gasteiger charge is 2.25. The van der Waals surface area contributed by atoms with E-state index in [1.807, 2.05) is 6.92 Å². The van der Waals surface area contributed by atoms with Gasteiger partial charge in [0.25, 0.3) is 0 Å². The van der Waals surface area contributed by atoms with Crippen molar-refractivity contribution in [2.75, 3.05) is 25.4 Å². The van der Waals surface area contributed by atoms with Crippen LogP contribution in [0, 0.1) is 5.92 Å². The first-order chi connectivity index (χ1) is 10.8. The molecular formula is C14H24ClN3O4S2. The Labute approximate surface area is 150 Å². The Morgan fingerprint density at radius 2 is 1.83 bits per heavy atom. The van der Waals surface area contributed by atoms with E-state index in [0.717, 1.165) is 19.5 Å². The second-order valence-electron chi connectivity index (χ2n) is 5.72. The normalized spacial score (nSPS) is 21.9. The highest BCUT2D eigenvalue weighted by Crippen LogP contribution is 2.11. The maximum Gasteiger partial charge on any atom is 0.240 e. The quantitative estimate of drug-likeness (QED) is 0.614. The van der Waals surface area contributed by atoms with E-state index in [1.54, 1.807) is 18.2 Å². The lowest BCUT2D eigenvalue weighted by Gasteiger charge is -2.29. The number of hydrogen-bond acceptors (Lipinski definition) is 5. The van der Waals surface area contributed by atoms with E-state index < -0.39 is 20.0 Å². The summed E-state index contributed by atoms with van der Waals surface area (Å²) in [5, 5.41) is 3.21. The number of sulfonamides is 2. The van der Waals surface area contributed by atoms with E-state index in [9.17, 15) is 16.8 Å². The molecule has 0 saturated carbocycles. The van der Waals surface area contributed by atoms with Crippen LogP contribution in [0.4, 0.5) is 0 Å². The average Bonchev–Trinajstić information content (AvgIpc) is 2.50. The zero-order chi connectivity index (χ0) is 16.9. The van der Waals surface area contributed by atoms with Crippen LogP contribution in [0.25, 0.3) is 0 Å². The second kappa shape index (κ2) is 9.12. The Bertz CT molecular complexity index is 711. The third-order valence-corrected chi connectivity index (χ3v) is 6.71. The Balaban J connectivity index is 0.00000288. The van der Waals surface area contributed by atoms with Gasteiger partial charge in [0.2, 0.25) is 20.0 Å². The van der Waals surface area contributed by atoms with E-state index in [-0.39, 0.29) is 41.6 Å². The van der Waals surface area contributed by atoms with Gasteiger partial charge in [-0.2, -0.15) is 0 Å². The van der Waals surface area contributed by atoms with Crippen LogP contribution in [-0.4, -0.2) is 48.3 Å². The van der Waals surface area contributed by atoms with E-state index in [0.29, 0.717) is 0 Å². The highest BCUT2D eigenvalue weighted by molar-refractivity contribution is 7.90. The molecule has 0 bridgehead atoms. The van der Waals surface area contributed by atoms with Gasteiger partial charge in [0.05, 0.1) is 10.6 Å². The predicted octanol–water partition coefficient (Wildman–Crippen LogP) is 0.304. The van der Waals surface area contributed by atoms with Crippen LogP contribution >= 0.6 is 12.4 Å². The fraction of sp³-hybridized carbons (Fsp3) is 0.571. The summed E-state index contributed by atoms with van der Waals surface area (Å²) in [5.74, 6) is -0.0741. The molecule has 10 heteroatoms. The van der Waals surface area contributed by atoms with Gasteiger partial charge in [-0.05, 0) is 37.6 Å². The molecule has 1 fully saturated rings. The van der Waals surface area contributed by atoms with Crippen molar-refractivity contribution in [3.63, 3.8) is 0 Å². The molecule has 138 valence electrons. The zero-order valence-corrected chi connectivity index (χ0v) is 15.9. The molecule has 0 spiro atoms. The maximum atomic E-state index is 12.1. The fourth-order valence-corrected chi connectivity index (χ4v) is 4.95. The minimum Gasteiger partial charge on any atom is -0.316 e. The summed E-state index contributed by atoms with van der Waals surface area (Å²) in [5.41, 5.74) is 0. The molecule has 1 heterocycles. The molecule has 24 heavy (non-hydrogen) atoms. The molecule has 1 aromatic rings. The SMILES string of the molecule is CC1CNCCC1NS(=O)(=O)CCNS(=O)(=O)c1ccccc1.Cl. The smallest absolute Gasteiger partial charge is 0.240 e. The van der Waals surface area contributed by atoms with Gasteiger partial charge in [0.15, 0.2) is 0 Å². The van der Waals surface area contributed by atoms with Gasteiger partial charge < -0.3 is 5.32 Å². The Morgan fingerprint density at radius 1 is 1.17 bits per heavy atom. The molecule has 2 unspecified atom stereocenters. The van der Waals surface area contributed by atoms with Gasteiger partial charge in [-0.25, -0.2) is 26.3 Å². The molecular weight excluding hydrogens is 374 g/mol. The highest BCUT2D eigenvalue weighted by atomic mass is 35.5. The number of nitrogens with one attached hydrogen (secondary N) is 3. The molecule has 1 saturated heterocycles. The number of halogens is 1. The molecule has 0 aliphatic carbocycles. The lowest BCUT2D eigenvalue weighted by molar-refractivity contribution is 0.328. The number of benzene rings is 1. The monoisotopic (exact) mass is 397 g/mol. The zero-order valence-electron chi connectivity index (χ0n) is 13.4. The summed E-state index contributed by atoms with van der Waals surface area (Å²) in [6.07, 6.45) is 0.732. The number of hydrogen-bond donors (Lipinski definition) is 3. The summed E-state index contributed by atoms with van der Waals surface area (Å²) in [6.45, 7) is 3.37. The van der Waals surface area contributed by atoms with Crippen LogP contribution < -0.4 is 14.8 Å². The Morgan fingerprint density at radius 3 is 2.46 bits per heavy atom. The molecule has 2 rings (SSSR count).